The smallest absolute Gasteiger partial charge is 0.248 e. The summed E-state index contributed by atoms with van der Waals surface area (Å²) in [5.74, 6) is -0.647. The Morgan fingerprint density at radius 1 is 1.32 bits per heavy atom. The fourth-order valence-corrected chi connectivity index (χ4v) is 2.79. The molecule has 0 aliphatic carbocycles. The molecule has 106 valence electrons. The molecule has 0 aliphatic rings. The van der Waals surface area contributed by atoms with E-state index in [1.165, 1.54) is 18.2 Å². The van der Waals surface area contributed by atoms with Crippen LogP contribution in [0, 0.1) is 0 Å². The fourth-order valence-electron chi connectivity index (χ4n) is 1.61. The van der Waals surface area contributed by atoms with Gasteiger partial charge < -0.3 is 11.5 Å². The molecule has 7 heteroatoms. The first kappa shape index (κ1) is 15.5. The molecule has 0 saturated carbocycles. The van der Waals surface area contributed by atoms with Gasteiger partial charge in [-0.3, -0.25) is 4.79 Å². The Morgan fingerprint density at radius 2 is 2.00 bits per heavy atom. The number of primary amides is 1. The number of hydrogen-bond donors (Lipinski definition) is 3. The second-order valence-electron chi connectivity index (χ2n) is 4.22. The number of anilines is 1. The standard InChI is InChI=1S/C12H19N3O3S/c1-2-3-4-7-15-19(17,18)11-6-5-9(12(14)16)8-10(11)13/h5-6,8,15H,2-4,7,13H2,1H3,(H2,14,16). The van der Waals surface area contributed by atoms with Crippen LogP contribution in [-0.4, -0.2) is 20.9 Å². The van der Waals surface area contributed by atoms with Gasteiger partial charge in [-0.2, -0.15) is 0 Å². The van der Waals surface area contributed by atoms with Crippen molar-refractivity contribution in [3.8, 4) is 0 Å². The lowest BCUT2D eigenvalue weighted by Gasteiger charge is -2.09. The lowest BCUT2D eigenvalue weighted by molar-refractivity contribution is 0.1000. The number of nitrogens with two attached hydrogens (primary N) is 2. The van der Waals surface area contributed by atoms with Crippen molar-refractivity contribution >= 4 is 21.6 Å². The normalized spacial score (nSPS) is 11.4. The van der Waals surface area contributed by atoms with E-state index in [-0.39, 0.29) is 16.1 Å². The fraction of sp³-hybridized carbons (Fsp3) is 0.417. The van der Waals surface area contributed by atoms with Crippen molar-refractivity contribution in [2.24, 2.45) is 5.73 Å². The molecule has 5 N–H and O–H groups in total. The predicted octanol–water partition coefficient (Wildman–Crippen LogP) is 0.836. The molecule has 1 rings (SSSR count). The Labute approximate surface area is 113 Å². The Morgan fingerprint density at radius 3 is 2.53 bits per heavy atom. The van der Waals surface area contributed by atoms with Gasteiger partial charge in [0.25, 0.3) is 0 Å². The average Bonchev–Trinajstić information content (AvgIpc) is 2.34. The Hall–Kier alpha value is -1.60. The summed E-state index contributed by atoms with van der Waals surface area (Å²) in [6.45, 7) is 2.40. The zero-order chi connectivity index (χ0) is 14.5. The highest BCUT2D eigenvalue weighted by molar-refractivity contribution is 7.89. The first-order valence-electron chi connectivity index (χ1n) is 6.07. The molecular weight excluding hydrogens is 266 g/mol. The van der Waals surface area contributed by atoms with Crippen molar-refractivity contribution in [1.82, 2.24) is 4.72 Å². The molecular formula is C12H19N3O3S. The zero-order valence-electron chi connectivity index (χ0n) is 10.8. The van der Waals surface area contributed by atoms with Gasteiger partial charge in [0.15, 0.2) is 0 Å². The number of rotatable bonds is 7. The van der Waals surface area contributed by atoms with E-state index in [9.17, 15) is 13.2 Å². The third-order valence-electron chi connectivity index (χ3n) is 2.66. The van der Waals surface area contributed by atoms with Crippen molar-refractivity contribution < 1.29 is 13.2 Å². The molecule has 0 fully saturated rings. The minimum Gasteiger partial charge on any atom is -0.398 e. The molecule has 1 aromatic rings. The molecule has 1 amide bonds. The predicted molar refractivity (Wildman–Crippen MR) is 74.1 cm³/mol. The number of amides is 1. The van der Waals surface area contributed by atoms with E-state index in [1.807, 2.05) is 6.92 Å². The van der Waals surface area contributed by atoms with Gasteiger partial charge in [0.05, 0.1) is 5.69 Å². The Kier molecular flexibility index (Phi) is 5.31. The van der Waals surface area contributed by atoms with Crippen LogP contribution in [0.25, 0.3) is 0 Å². The lowest BCUT2D eigenvalue weighted by Crippen LogP contribution is -2.26. The van der Waals surface area contributed by atoms with Crippen molar-refractivity contribution in [1.29, 1.82) is 0 Å². The number of nitrogen functional groups attached to an aromatic ring is 1. The number of benzene rings is 1. The average molecular weight is 285 g/mol. The molecule has 1 aromatic carbocycles. The molecule has 19 heavy (non-hydrogen) atoms. The van der Waals surface area contributed by atoms with E-state index >= 15 is 0 Å². The zero-order valence-corrected chi connectivity index (χ0v) is 11.7. The van der Waals surface area contributed by atoms with Gasteiger partial charge >= 0.3 is 0 Å². The van der Waals surface area contributed by atoms with Crippen molar-refractivity contribution in [3.63, 3.8) is 0 Å². The summed E-state index contributed by atoms with van der Waals surface area (Å²) in [5, 5.41) is 0. The maximum atomic E-state index is 12.0. The highest BCUT2D eigenvalue weighted by Crippen LogP contribution is 2.19. The molecule has 0 saturated heterocycles. The first-order chi connectivity index (χ1) is 8.88. The van der Waals surface area contributed by atoms with E-state index in [4.69, 9.17) is 11.5 Å². The van der Waals surface area contributed by atoms with Gasteiger partial charge in [0.2, 0.25) is 15.9 Å². The van der Waals surface area contributed by atoms with Crippen LogP contribution >= 0.6 is 0 Å². The molecule has 0 aromatic heterocycles. The van der Waals surface area contributed by atoms with E-state index in [2.05, 4.69) is 4.72 Å². The summed E-state index contributed by atoms with van der Waals surface area (Å²) in [5.41, 5.74) is 10.9. The maximum absolute atomic E-state index is 12.0. The SMILES string of the molecule is CCCCCNS(=O)(=O)c1ccc(C(N)=O)cc1N. The monoisotopic (exact) mass is 285 g/mol. The van der Waals surface area contributed by atoms with Crippen molar-refractivity contribution in [2.75, 3.05) is 12.3 Å². The first-order valence-corrected chi connectivity index (χ1v) is 7.55. The van der Waals surface area contributed by atoms with Crippen molar-refractivity contribution in [2.45, 2.75) is 31.1 Å². The molecule has 0 spiro atoms. The van der Waals surface area contributed by atoms with E-state index < -0.39 is 15.9 Å². The van der Waals surface area contributed by atoms with E-state index in [0.29, 0.717) is 6.54 Å². The van der Waals surface area contributed by atoms with Crippen molar-refractivity contribution in [3.05, 3.63) is 23.8 Å². The van der Waals surface area contributed by atoms with E-state index in [1.54, 1.807) is 0 Å². The topological polar surface area (TPSA) is 115 Å². The van der Waals surface area contributed by atoms with Gasteiger partial charge in [-0.25, -0.2) is 13.1 Å². The second-order valence-corrected chi connectivity index (χ2v) is 5.96. The summed E-state index contributed by atoms with van der Waals surface area (Å²) in [7, 11) is -3.64. The van der Waals surface area contributed by atoms with Gasteiger partial charge in [-0.05, 0) is 24.6 Å². The van der Waals surface area contributed by atoms with Gasteiger partial charge in [0.1, 0.15) is 4.90 Å². The highest BCUT2D eigenvalue weighted by atomic mass is 32.2. The number of nitrogens with one attached hydrogen (secondary N) is 1. The van der Waals surface area contributed by atoms with Crippen LogP contribution in [0.3, 0.4) is 0 Å². The summed E-state index contributed by atoms with van der Waals surface area (Å²) in [6.07, 6.45) is 2.74. The van der Waals surface area contributed by atoms with Crippen LogP contribution in [-0.2, 0) is 10.0 Å². The Bertz CT molecular complexity index is 555. The van der Waals surface area contributed by atoms with Crippen LogP contribution in [0.2, 0.25) is 0 Å². The number of carbonyl (C=O) groups excluding carboxylic acids is 1. The molecule has 0 bridgehead atoms. The third-order valence-corrected chi connectivity index (χ3v) is 4.19. The summed E-state index contributed by atoms with van der Waals surface area (Å²) in [4.78, 5) is 10.9. The molecule has 0 atom stereocenters. The summed E-state index contributed by atoms with van der Waals surface area (Å²) < 4.78 is 26.5. The Balaban J connectivity index is 2.87. The summed E-state index contributed by atoms with van der Waals surface area (Å²) >= 11 is 0. The lowest BCUT2D eigenvalue weighted by atomic mass is 10.2. The maximum Gasteiger partial charge on any atom is 0.248 e. The largest absolute Gasteiger partial charge is 0.398 e. The van der Waals surface area contributed by atoms with Gasteiger partial charge in [0, 0.05) is 12.1 Å². The van der Waals surface area contributed by atoms with Crippen LogP contribution in [0.15, 0.2) is 23.1 Å². The minimum absolute atomic E-state index is 0.0132. The summed E-state index contributed by atoms with van der Waals surface area (Å²) in [6, 6.07) is 3.90. The number of sulfonamides is 1. The second kappa shape index (κ2) is 6.53. The molecule has 0 aliphatic heterocycles. The molecule has 0 radical (unpaired) electrons. The van der Waals surface area contributed by atoms with Gasteiger partial charge in [-0.1, -0.05) is 19.8 Å². The number of carbonyl (C=O) groups is 1. The van der Waals surface area contributed by atoms with E-state index in [0.717, 1.165) is 19.3 Å². The third kappa shape index (κ3) is 4.22. The number of hydrogen-bond acceptors (Lipinski definition) is 4. The highest BCUT2D eigenvalue weighted by Gasteiger charge is 2.17. The van der Waals surface area contributed by atoms with Crippen LogP contribution < -0.4 is 16.2 Å². The quantitative estimate of drug-likeness (QED) is 0.508. The molecule has 0 heterocycles. The van der Waals surface area contributed by atoms with Crippen LogP contribution in [0.5, 0.6) is 0 Å². The van der Waals surface area contributed by atoms with Crippen LogP contribution in [0.1, 0.15) is 36.5 Å². The van der Waals surface area contributed by atoms with Gasteiger partial charge in [-0.15, -0.1) is 0 Å². The minimum atomic E-state index is -3.64. The molecule has 0 unspecified atom stereocenters. The number of unbranched alkanes of at least 4 members (excludes halogenated alkanes) is 2. The molecule has 6 nitrogen and oxygen atoms in total. The van der Waals surface area contributed by atoms with Crippen LogP contribution in [0.4, 0.5) is 5.69 Å².